The van der Waals surface area contributed by atoms with Gasteiger partial charge >= 0.3 is 30.4 Å². The number of halogens is 6. The maximum atomic E-state index is 10.6. The standard InChI is InChI=1S/C3H7NO2.2C2HF3O2/c1-2-4-3(5)6;2*3-2(4,5)1(6)7/h4H,2H2,1H3,(H,5,6);2*(H,6,7). The van der Waals surface area contributed by atoms with E-state index in [1.807, 2.05) is 0 Å². The quantitative estimate of drug-likeness (QED) is 0.544. The van der Waals surface area contributed by atoms with Gasteiger partial charge in [0.05, 0.1) is 0 Å². The number of hydrogen-bond acceptors (Lipinski definition) is 3. The molecule has 20 heavy (non-hydrogen) atoms. The highest BCUT2D eigenvalue weighted by Crippen LogP contribution is 2.13. The number of rotatable bonds is 1. The van der Waals surface area contributed by atoms with Gasteiger partial charge in [-0.15, -0.1) is 0 Å². The third-order valence-electron chi connectivity index (χ3n) is 0.813. The van der Waals surface area contributed by atoms with Gasteiger partial charge in [0.2, 0.25) is 0 Å². The van der Waals surface area contributed by atoms with Crippen molar-refractivity contribution in [2.24, 2.45) is 0 Å². The molecule has 0 atom stereocenters. The smallest absolute Gasteiger partial charge is 0.475 e. The van der Waals surface area contributed by atoms with Gasteiger partial charge in [-0.05, 0) is 6.92 Å². The van der Waals surface area contributed by atoms with Gasteiger partial charge in [-0.25, -0.2) is 14.4 Å². The van der Waals surface area contributed by atoms with Crippen molar-refractivity contribution < 1.29 is 56.0 Å². The van der Waals surface area contributed by atoms with Gasteiger partial charge in [0.1, 0.15) is 0 Å². The van der Waals surface area contributed by atoms with E-state index in [9.17, 15) is 31.1 Å². The summed E-state index contributed by atoms with van der Waals surface area (Å²) < 4.78 is 63.5. The van der Waals surface area contributed by atoms with Crippen LogP contribution in [0.3, 0.4) is 0 Å². The summed E-state index contributed by atoms with van der Waals surface area (Å²) in [5, 5.41) is 24.2. The van der Waals surface area contributed by atoms with Crippen molar-refractivity contribution in [1.82, 2.24) is 5.32 Å². The fraction of sp³-hybridized carbons (Fsp3) is 0.571. The molecule has 0 saturated carbocycles. The normalized spacial score (nSPS) is 10.2. The minimum atomic E-state index is -5.08. The summed E-state index contributed by atoms with van der Waals surface area (Å²) in [7, 11) is 0. The van der Waals surface area contributed by atoms with Gasteiger partial charge in [0, 0.05) is 6.54 Å². The molecule has 0 spiro atoms. The molecule has 0 aromatic rings. The predicted molar refractivity (Wildman–Crippen MR) is 49.1 cm³/mol. The molecule has 0 aromatic heterocycles. The molecule has 13 heteroatoms. The van der Waals surface area contributed by atoms with Gasteiger partial charge in [-0.1, -0.05) is 0 Å². The van der Waals surface area contributed by atoms with Crippen LogP contribution in [0.4, 0.5) is 31.1 Å². The van der Waals surface area contributed by atoms with Crippen LogP contribution in [0.2, 0.25) is 0 Å². The van der Waals surface area contributed by atoms with Crippen molar-refractivity contribution in [2.45, 2.75) is 19.3 Å². The van der Waals surface area contributed by atoms with Gasteiger partial charge in [-0.2, -0.15) is 26.3 Å². The lowest BCUT2D eigenvalue weighted by molar-refractivity contribution is -0.193. The summed E-state index contributed by atoms with van der Waals surface area (Å²) >= 11 is 0. The van der Waals surface area contributed by atoms with Crippen LogP contribution in [0, 0.1) is 0 Å². The zero-order chi connectivity index (χ0) is 17.1. The molecule has 0 aliphatic rings. The highest BCUT2D eigenvalue weighted by atomic mass is 19.4. The molecule has 0 aliphatic carbocycles. The fourth-order valence-corrected chi connectivity index (χ4v) is 0.151. The number of carboxylic acids is 2. The molecule has 0 aliphatic heterocycles. The number of nitrogens with one attached hydrogen (secondary N) is 1. The van der Waals surface area contributed by atoms with Crippen LogP contribution < -0.4 is 5.32 Å². The summed E-state index contributed by atoms with van der Waals surface area (Å²) in [6.07, 6.45) is -11.1. The molecular weight excluding hydrogens is 308 g/mol. The van der Waals surface area contributed by atoms with Crippen LogP contribution in [0.5, 0.6) is 0 Å². The van der Waals surface area contributed by atoms with E-state index in [1.165, 1.54) is 0 Å². The molecule has 0 radical (unpaired) electrons. The summed E-state index contributed by atoms with van der Waals surface area (Å²) in [6, 6.07) is 0. The zero-order valence-corrected chi connectivity index (χ0v) is 9.54. The van der Waals surface area contributed by atoms with Gasteiger partial charge in [0.15, 0.2) is 0 Å². The first kappa shape index (κ1) is 22.9. The molecule has 0 fully saturated rings. The van der Waals surface area contributed by atoms with E-state index in [-0.39, 0.29) is 0 Å². The topological polar surface area (TPSA) is 124 Å². The van der Waals surface area contributed by atoms with Crippen LogP contribution in [0.1, 0.15) is 6.92 Å². The van der Waals surface area contributed by atoms with Gasteiger partial charge < -0.3 is 20.6 Å². The molecule has 0 rings (SSSR count). The molecule has 0 saturated heterocycles. The number of carbonyl (C=O) groups is 3. The maximum Gasteiger partial charge on any atom is 0.490 e. The second-order valence-corrected chi connectivity index (χ2v) is 2.44. The molecule has 0 bridgehead atoms. The Kier molecular flexibility index (Phi) is 11.1. The Balaban J connectivity index is -0.000000218. The Labute approximate surface area is 106 Å². The van der Waals surface area contributed by atoms with E-state index in [2.05, 4.69) is 5.32 Å². The number of amides is 1. The van der Waals surface area contributed by atoms with Crippen molar-refractivity contribution in [3.05, 3.63) is 0 Å². The molecular formula is C7H9F6NO6. The highest BCUT2D eigenvalue weighted by Gasteiger charge is 2.38. The molecule has 7 nitrogen and oxygen atoms in total. The van der Waals surface area contributed by atoms with E-state index in [0.29, 0.717) is 6.54 Å². The maximum absolute atomic E-state index is 10.6. The predicted octanol–water partition coefficient (Wildman–Crippen LogP) is 1.54. The minimum Gasteiger partial charge on any atom is -0.475 e. The van der Waals surface area contributed by atoms with Crippen molar-refractivity contribution in [3.63, 3.8) is 0 Å². The molecule has 0 heterocycles. The molecule has 0 aromatic carbocycles. The van der Waals surface area contributed by atoms with Gasteiger partial charge in [0.25, 0.3) is 0 Å². The molecule has 120 valence electrons. The monoisotopic (exact) mass is 317 g/mol. The Morgan fingerprint density at radius 1 is 0.850 bits per heavy atom. The van der Waals surface area contributed by atoms with Crippen molar-refractivity contribution in [3.8, 4) is 0 Å². The van der Waals surface area contributed by atoms with E-state index in [1.54, 1.807) is 6.92 Å². The average Bonchev–Trinajstić information content (AvgIpc) is 2.15. The molecule has 4 N–H and O–H groups in total. The lowest BCUT2D eigenvalue weighted by Crippen LogP contribution is -2.21. The summed E-state index contributed by atoms with van der Waals surface area (Å²) in [5.74, 6) is -5.51. The third-order valence-corrected chi connectivity index (χ3v) is 0.813. The summed E-state index contributed by atoms with van der Waals surface area (Å²) in [4.78, 5) is 27.3. The average molecular weight is 317 g/mol. The van der Waals surface area contributed by atoms with E-state index in [0.717, 1.165) is 0 Å². The highest BCUT2D eigenvalue weighted by molar-refractivity contribution is 5.73. The number of aliphatic carboxylic acids is 2. The zero-order valence-electron chi connectivity index (χ0n) is 9.54. The van der Waals surface area contributed by atoms with Crippen molar-refractivity contribution in [2.75, 3.05) is 6.54 Å². The minimum absolute atomic E-state index is 0.481. The second-order valence-electron chi connectivity index (χ2n) is 2.44. The summed E-state index contributed by atoms with van der Waals surface area (Å²) in [5.41, 5.74) is 0. The van der Waals surface area contributed by atoms with Crippen LogP contribution in [0.15, 0.2) is 0 Å². The Bertz CT molecular complexity index is 301. The summed E-state index contributed by atoms with van der Waals surface area (Å²) in [6.45, 7) is 2.21. The van der Waals surface area contributed by atoms with E-state index in [4.69, 9.17) is 24.9 Å². The first-order valence-electron chi connectivity index (χ1n) is 4.23. The SMILES string of the molecule is CCNC(=O)O.O=C(O)C(F)(F)F.O=C(O)C(F)(F)F. The fourth-order valence-electron chi connectivity index (χ4n) is 0.151. The van der Waals surface area contributed by atoms with E-state index >= 15 is 0 Å². The van der Waals surface area contributed by atoms with E-state index < -0.39 is 30.4 Å². The van der Waals surface area contributed by atoms with Crippen LogP contribution >= 0.6 is 0 Å². The number of hydrogen-bond donors (Lipinski definition) is 4. The number of carboxylic acid groups (broad SMARTS) is 3. The van der Waals surface area contributed by atoms with Crippen molar-refractivity contribution >= 4 is 18.0 Å². The van der Waals surface area contributed by atoms with Crippen molar-refractivity contribution in [1.29, 1.82) is 0 Å². The third kappa shape index (κ3) is 21.1. The Hall–Kier alpha value is -2.21. The van der Waals surface area contributed by atoms with Crippen LogP contribution in [-0.2, 0) is 9.59 Å². The Morgan fingerprint density at radius 2 is 1.05 bits per heavy atom. The largest absolute Gasteiger partial charge is 0.490 e. The second kappa shape index (κ2) is 9.69. The lowest BCUT2D eigenvalue weighted by atomic mass is 10.7. The molecule has 1 amide bonds. The van der Waals surface area contributed by atoms with Crippen LogP contribution in [-0.4, -0.2) is 52.2 Å². The van der Waals surface area contributed by atoms with Gasteiger partial charge in [-0.3, -0.25) is 0 Å². The first-order chi connectivity index (χ1) is 8.66. The van der Waals surface area contributed by atoms with Crippen LogP contribution in [0.25, 0.3) is 0 Å². The first-order valence-corrected chi connectivity index (χ1v) is 4.23. The number of alkyl halides is 6. The molecule has 0 unspecified atom stereocenters. The lowest BCUT2D eigenvalue weighted by Gasteiger charge is -1.93. The Morgan fingerprint density at radius 3 is 1.05 bits per heavy atom.